The Bertz CT molecular complexity index is 2270. The zero-order valence-corrected chi connectivity index (χ0v) is 40.4. The van der Waals surface area contributed by atoms with E-state index in [1.54, 1.807) is 0 Å². The maximum atomic E-state index is 13.3. The molecule has 2 atom stereocenters. The molecule has 0 bridgehead atoms. The average molecular weight is 1010 g/mol. The molecule has 0 saturated carbocycles. The van der Waals surface area contributed by atoms with Crippen LogP contribution in [0.3, 0.4) is 0 Å². The molecule has 0 aromatic heterocycles. The van der Waals surface area contributed by atoms with Gasteiger partial charge in [0.25, 0.3) is 11.8 Å². The first-order valence-corrected chi connectivity index (χ1v) is 24.2. The van der Waals surface area contributed by atoms with Crippen molar-refractivity contribution in [2.24, 2.45) is 11.7 Å². The molecule has 4 saturated heterocycles. The van der Waals surface area contributed by atoms with Gasteiger partial charge < -0.3 is 31.5 Å². The van der Waals surface area contributed by atoms with Crippen LogP contribution in [0.15, 0.2) is 118 Å². The van der Waals surface area contributed by atoms with Crippen molar-refractivity contribution in [1.29, 1.82) is 0 Å². The minimum absolute atomic E-state index is 0.0105. The summed E-state index contributed by atoms with van der Waals surface area (Å²) in [5, 5.41) is 9.16. The third kappa shape index (κ3) is 11.9. The number of rotatable bonds is 14. The van der Waals surface area contributed by atoms with Crippen molar-refractivity contribution in [3.8, 4) is 0 Å². The smallest absolute Gasteiger partial charge is 0.325 e. The van der Waals surface area contributed by atoms with Crippen molar-refractivity contribution in [2.45, 2.75) is 88.6 Å². The van der Waals surface area contributed by atoms with Crippen molar-refractivity contribution in [2.75, 3.05) is 39.3 Å². The van der Waals surface area contributed by atoms with Gasteiger partial charge in [0, 0.05) is 53.6 Å². The Morgan fingerprint density at radius 2 is 1.02 bits per heavy atom. The number of urea groups is 2. The van der Waals surface area contributed by atoms with Gasteiger partial charge in [0.1, 0.15) is 11.1 Å². The number of hydrogen-bond donors (Lipinski definition) is 4. The predicted octanol–water partition coefficient (Wildman–Crippen LogP) is 7.66. The summed E-state index contributed by atoms with van der Waals surface area (Å²) in [7, 11) is 0. The second-order valence-electron chi connectivity index (χ2n) is 18.0. The summed E-state index contributed by atoms with van der Waals surface area (Å²) in [6, 6.07) is 34.9. The Hall–Kier alpha value is -4.93. The van der Waals surface area contributed by atoms with Gasteiger partial charge in [0.05, 0.1) is 19.1 Å². The first-order valence-electron chi connectivity index (χ1n) is 22.6. The lowest BCUT2D eigenvalue weighted by atomic mass is 9.87. The summed E-state index contributed by atoms with van der Waals surface area (Å²) in [5.74, 6) is -0.262. The number of nitrogens with two attached hydrogens (primary N) is 1. The van der Waals surface area contributed by atoms with Crippen LogP contribution in [0.4, 0.5) is 9.59 Å². The number of carbonyl (C=O) groups excluding carboxylic acids is 5. The maximum absolute atomic E-state index is 13.3. The Labute approximate surface area is 399 Å². The molecule has 65 heavy (non-hydrogen) atoms. The highest BCUT2D eigenvalue weighted by atomic mass is 79.9. The molecule has 5 N–H and O–H groups in total. The van der Waals surface area contributed by atoms with Gasteiger partial charge >= 0.3 is 12.1 Å². The molecule has 4 aliphatic heterocycles. The number of nitrogens with zero attached hydrogens (tertiary/aromatic N) is 4. The third-order valence-corrected chi connectivity index (χ3v) is 14.2. The molecule has 344 valence electrons. The highest BCUT2D eigenvalue weighted by Crippen LogP contribution is 2.33. The molecule has 0 unspecified atom stereocenters. The lowest BCUT2D eigenvalue weighted by molar-refractivity contribution is -0.134. The summed E-state index contributed by atoms with van der Waals surface area (Å²) < 4.78 is 1.93. The van der Waals surface area contributed by atoms with Crippen LogP contribution in [0.5, 0.6) is 0 Å². The van der Waals surface area contributed by atoms with E-state index in [1.807, 2.05) is 111 Å². The third-order valence-electron chi connectivity index (χ3n) is 13.2. The molecule has 2 spiro atoms. The minimum atomic E-state index is -0.812. The highest BCUT2D eigenvalue weighted by molar-refractivity contribution is 9.10. The van der Waals surface area contributed by atoms with Gasteiger partial charge in [-0.25, -0.2) is 9.59 Å². The van der Waals surface area contributed by atoms with Gasteiger partial charge in [-0.15, -0.1) is 0 Å². The molecule has 4 aromatic rings. The van der Waals surface area contributed by atoms with Crippen molar-refractivity contribution in [3.05, 3.63) is 140 Å². The number of piperidine rings is 2. The number of likely N-dealkylation sites (tertiary alicyclic amines) is 2. The SMILES string of the molecule is CC(C)C(=O)N[C@@H](CCN1CCC2(CC1)NC(=O)N(Cc1ccc(Br)cc1)C2=O)c1ccccc1.N[C@@H](CCN1CCC2(CC1)NC(=O)N(Cc1ccc(Br)cc1)C2=O)c1ccccc1. The Morgan fingerprint density at radius 3 is 1.43 bits per heavy atom. The van der Waals surface area contributed by atoms with Gasteiger partial charge in [-0.2, -0.15) is 0 Å². The molecule has 15 heteroatoms. The van der Waals surface area contributed by atoms with Crippen LogP contribution in [0, 0.1) is 5.92 Å². The molecular weight excluding hydrogens is 952 g/mol. The Balaban J connectivity index is 0.000000196. The van der Waals surface area contributed by atoms with E-state index in [9.17, 15) is 24.0 Å². The molecule has 0 radical (unpaired) electrons. The van der Waals surface area contributed by atoms with E-state index in [4.69, 9.17) is 5.73 Å². The van der Waals surface area contributed by atoms with Crippen LogP contribution < -0.4 is 21.7 Å². The molecule has 13 nitrogen and oxygen atoms in total. The number of halogens is 2. The highest BCUT2D eigenvalue weighted by Gasteiger charge is 2.53. The van der Waals surface area contributed by atoms with Crippen molar-refractivity contribution >= 4 is 61.6 Å². The van der Waals surface area contributed by atoms with Crippen LogP contribution >= 0.6 is 31.9 Å². The van der Waals surface area contributed by atoms with E-state index in [0.717, 1.165) is 83.3 Å². The minimum Gasteiger partial charge on any atom is -0.349 e. The van der Waals surface area contributed by atoms with E-state index < -0.39 is 11.1 Å². The van der Waals surface area contributed by atoms with E-state index >= 15 is 0 Å². The van der Waals surface area contributed by atoms with Crippen LogP contribution in [-0.2, 0) is 27.5 Å². The van der Waals surface area contributed by atoms with E-state index in [0.29, 0.717) is 32.2 Å². The predicted molar refractivity (Wildman–Crippen MR) is 258 cm³/mol. The largest absolute Gasteiger partial charge is 0.349 e. The second-order valence-corrected chi connectivity index (χ2v) is 19.8. The van der Waals surface area contributed by atoms with Crippen LogP contribution in [0.1, 0.15) is 86.7 Å². The molecule has 0 aliphatic carbocycles. The van der Waals surface area contributed by atoms with Gasteiger partial charge in [-0.3, -0.25) is 24.2 Å². The number of imide groups is 2. The maximum Gasteiger partial charge on any atom is 0.325 e. The van der Waals surface area contributed by atoms with Gasteiger partial charge in [0.15, 0.2) is 0 Å². The Morgan fingerprint density at radius 1 is 0.615 bits per heavy atom. The Kier molecular flexibility index (Phi) is 15.9. The first kappa shape index (κ1) is 48.0. The van der Waals surface area contributed by atoms with Gasteiger partial charge in [-0.1, -0.05) is 131 Å². The molecule has 4 aromatic carbocycles. The number of carbonyl (C=O) groups is 5. The molecule has 7 amide bonds. The molecule has 4 fully saturated rings. The monoisotopic (exact) mass is 1010 g/mol. The van der Waals surface area contributed by atoms with Crippen LogP contribution in [-0.4, -0.2) is 99.7 Å². The van der Waals surface area contributed by atoms with Gasteiger partial charge in [-0.05, 0) is 91.6 Å². The number of benzene rings is 4. The van der Waals surface area contributed by atoms with E-state index in [1.165, 1.54) is 9.80 Å². The topological polar surface area (TPSA) is 160 Å². The van der Waals surface area contributed by atoms with Gasteiger partial charge in [0.2, 0.25) is 5.91 Å². The summed E-state index contributed by atoms with van der Waals surface area (Å²) in [6.45, 7) is 9.06. The second kappa shape index (κ2) is 21.6. The van der Waals surface area contributed by atoms with Crippen molar-refractivity contribution < 1.29 is 24.0 Å². The normalized spacial score (nSPS) is 19.2. The first-order chi connectivity index (χ1) is 31.2. The summed E-state index contributed by atoms with van der Waals surface area (Å²) in [5.41, 5.74) is 8.84. The lowest BCUT2D eigenvalue weighted by Gasteiger charge is -2.37. The fraction of sp³-hybridized carbons (Fsp3) is 0.420. The quantitative estimate of drug-likeness (QED) is 0.0938. The van der Waals surface area contributed by atoms with E-state index in [-0.39, 0.29) is 54.3 Å². The van der Waals surface area contributed by atoms with E-state index in [2.05, 4.69) is 69.7 Å². The standard InChI is InChI=1S/C27H33BrN4O3.C23H27BrN4O2/c1-19(2)24(33)29-23(21-6-4-3-5-7-21)12-15-31-16-13-27(14-17-31)25(34)32(26(35)30-27)18-20-8-10-22(28)11-9-20;24-19-8-6-17(7-9-19)16-28-21(29)23(26-22(28)30)11-14-27(15-12-23)13-10-20(25)18-4-2-1-3-5-18/h3-11,19,23H,12-18H2,1-2H3,(H,29,33)(H,30,35);1-9,20H,10-16,25H2,(H,26,30)/t23-;20-/m00/s1. The summed E-state index contributed by atoms with van der Waals surface area (Å²) in [6.07, 6.45) is 4.09. The molecule has 4 heterocycles. The summed E-state index contributed by atoms with van der Waals surface area (Å²) in [4.78, 5) is 71.3. The van der Waals surface area contributed by atoms with Crippen LogP contribution in [0.25, 0.3) is 0 Å². The molecular formula is C50H60Br2N8O5. The van der Waals surface area contributed by atoms with Crippen molar-refractivity contribution in [1.82, 2.24) is 35.6 Å². The zero-order chi connectivity index (χ0) is 46.1. The summed E-state index contributed by atoms with van der Waals surface area (Å²) >= 11 is 6.82. The number of hydrogen-bond acceptors (Lipinski definition) is 8. The fourth-order valence-electron chi connectivity index (χ4n) is 9.02. The number of nitrogens with one attached hydrogen (secondary N) is 3. The lowest BCUT2D eigenvalue weighted by Crippen LogP contribution is -2.55. The molecule has 4 aliphatic rings. The number of amides is 7. The fourth-order valence-corrected chi connectivity index (χ4v) is 9.55. The zero-order valence-electron chi connectivity index (χ0n) is 37.2. The van der Waals surface area contributed by atoms with Crippen LogP contribution in [0.2, 0.25) is 0 Å². The average Bonchev–Trinajstić information content (AvgIpc) is 3.68. The molecule has 8 rings (SSSR count). The van der Waals surface area contributed by atoms with Crippen molar-refractivity contribution in [3.63, 3.8) is 0 Å².